The van der Waals surface area contributed by atoms with Crippen LogP contribution in [0.3, 0.4) is 0 Å². The number of rotatable bonds is 1. The SMILES string of the molecule is CC1CC(O)CC=C1C(=O)O. The lowest BCUT2D eigenvalue weighted by molar-refractivity contribution is -0.133. The summed E-state index contributed by atoms with van der Waals surface area (Å²) in [6.45, 7) is 1.82. The zero-order valence-electron chi connectivity index (χ0n) is 6.45. The van der Waals surface area contributed by atoms with Crippen LogP contribution in [0.4, 0.5) is 0 Å². The summed E-state index contributed by atoms with van der Waals surface area (Å²) in [6.07, 6.45) is 2.30. The summed E-state index contributed by atoms with van der Waals surface area (Å²) in [6, 6.07) is 0. The lowest BCUT2D eigenvalue weighted by atomic mass is 9.88. The molecule has 62 valence electrons. The van der Waals surface area contributed by atoms with E-state index in [1.165, 1.54) is 0 Å². The van der Waals surface area contributed by atoms with Gasteiger partial charge in [0.25, 0.3) is 0 Å². The molecule has 0 amide bonds. The molecule has 0 saturated carbocycles. The maximum Gasteiger partial charge on any atom is 0.331 e. The Morgan fingerprint density at radius 2 is 2.36 bits per heavy atom. The smallest absolute Gasteiger partial charge is 0.331 e. The summed E-state index contributed by atoms with van der Waals surface area (Å²) in [7, 11) is 0. The van der Waals surface area contributed by atoms with Gasteiger partial charge in [-0.25, -0.2) is 4.79 Å². The number of aliphatic hydroxyl groups is 1. The maximum atomic E-state index is 10.5. The van der Waals surface area contributed by atoms with Crippen molar-refractivity contribution in [1.82, 2.24) is 0 Å². The third-order valence-electron chi connectivity index (χ3n) is 2.01. The van der Waals surface area contributed by atoms with Crippen molar-refractivity contribution in [3.05, 3.63) is 11.6 Å². The van der Waals surface area contributed by atoms with Crippen molar-refractivity contribution in [3.8, 4) is 0 Å². The van der Waals surface area contributed by atoms with Crippen LogP contribution < -0.4 is 0 Å². The van der Waals surface area contributed by atoms with E-state index >= 15 is 0 Å². The highest BCUT2D eigenvalue weighted by Crippen LogP contribution is 2.24. The van der Waals surface area contributed by atoms with Gasteiger partial charge in [0.05, 0.1) is 6.10 Å². The summed E-state index contributed by atoms with van der Waals surface area (Å²) >= 11 is 0. The van der Waals surface area contributed by atoms with Crippen molar-refractivity contribution in [2.45, 2.75) is 25.9 Å². The Kier molecular flexibility index (Phi) is 2.29. The van der Waals surface area contributed by atoms with Crippen LogP contribution in [0.25, 0.3) is 0 Å². The summed E-state index contributed by atoms with van der Waals surface area (Å²) in [5.74, 6) is -0.874. The van der Waals surface area contributed by atoms with E-state index in [0.717, 1.165) is 0 Å². The molecule has 0 aromatic heterocycles. The zero-order chi connectivity index (χ0) is 8.43. The molecule has 3 nitrogen and oxygen atoms in total. The topological polar surface area (TPSA) is 57.5 Å². The van der Waals surface area contributed by atoms with Crippen molar-refractivity contribution in [2.75, 3.05) is 0 Å². The van der Waals surface area contributed by atoms with Crippen molar-refractivity contribution >= 4 is 5.97 Å². The number of carbonyl (C=O) groups is 1. The highest BCUT2D eigenvalue weighted by molar-refractivity contribution is 5.87. The minimum absolute atomic E-state index is 0.0174. The Balaban J connectivity index is 2.72. The lowest BCUT2D eigenvalue weighted by Gasteiger charge is -2.21. The van der Waals surface area contributed by atoms with E-state index < -0.39 is 5.97 Å². The molecule has 0 spiro atoms. The fraction of sp³-hybridized carbons (Fsp3) is 0.625. The molecule has 0 aromatic carbocycles. The van der Waals surface area contributed by atoms with Crippen molar-refractivity contribution in [1.29, 1.82) is 0 Å². The number of carboxylic acids is 1. The molecule has 0 aromatic rings. The Hall–Kier alpha value is -0.830. The standard InChI is InChI=1S/C8H12O3/c1-5-4-6(9)2-3-7(5)8(10)11/h3,5-6,9H,2,4H2,1H3,(H,10,11). The molecule has 1 aliphatic rings. The van der Waals surface area contributed by atoms with E-state index in [1.807, 2.05) is 6.92 Å². The molecular formula is C8H12O3. The van der Waals surface area contributed by atoms with Crippen LogP contribution in [-0.4, -0.2) is 22.3 Å². The number of aliphatic carboxylic acids is 1. The lowest BCUT2D eigenvalue weighted by Crippen LogP contribution is -2.21. The normalized spacial score (nSPS) is 31.3. The molecule has 0 heterocycles. The summed E-state index contributed by atoms with van der Waals surface area (Å²) < 4.78 is 0. The summed E-state index contributed by atoms with van der Waals surface area (Å²) in [5, 5.41) is 17.8. The van der Waals surface area contributed by atoms with Crippen LogP contribution in [0.1, 0.15) is 19.8 Å². The van der Waals surface area contributed by atoms with Gasteiger partial charge >= 0.3 is 5.97 Å². The monoisotopic (exact) mass is 156 g/mol. The molecule has 2 N–H and O–H groups in total. The second-order valence-corrected chi connectivity index (χ2v) is 2.99. The average molecular weight is 156 g/mol. The van der Waals surface area contributed by atoms with Crippen LogP contribution in [-0.2, 0) is 4.79 Å². The number of hydrogen-bond donors (Lipinski definition) is 2. The number of aliphatic hydroxyl groups excluding tert-OH is 1. The van der Waals surface area contributed by atoms with E-state index in [-0.39, 0.29) is 12.0 Å². The maximum absolute atomic E-state index is 10.5. The summed E-state index contributed by atoms with van der Waals surface area (Å²) in [5.41, 5.74) is 0.440. The molecule has 0 saturated heterocycles. The van der Waals surface area contributed by atoms with E-state index in [9.17, 15) is 4.79 Å². The van der Waals surface area contributed by atoms with Crippen molar-refractivity contribution in [2.24, 2.45) is 5.92 Å². The summed E-state index contributed by atoms with van der Waals surface area (Å²) in [4.78, 5) is 10.5. The third kappa shape index (κ3) is 1.80. The quantitative estimate of drug-likeness (QED) is 0.590. The molecular weight excluding hydrogens is 144 g/mol. The highest BCUT2D eigenvalue weighted by Gasteiger charge is 2.23. The van der Waals surface area contributed by atoms with Gasteiger partial charge in [-0.15, -0.1) is 0 Å². The molecule has 1 aliphatic carbocycles. The van der Waals surface area contributed by atoms with Crippen molar-refractivity contribution in [3.63, 3.8) is 0 Å². The minimum Gasteiger partial charge on any atom is -0.478 e. The predicted molar refractivity (Wildman–Crippen MR) is 40.1 cm³/mol. The van der Waals surface area contributed by atoms with Crippen LogP contribution in [0.5, 0.6) is 0 Å². The minimum atomic E-state index is -0.857. The molecule has 2 atom stereocenters. The second-order valence-electron chi connectivity index (χ2n) is 2.99. The molecule has 1 rings (SSSR count). The van der Waals surface area contributed by atoms with Crippen molar-refractivity contribution < 1.29 is 15.0 Å². The Morgan fingerprint density at radius 1 is 1.73 bits per heavy atom. The first kappa shape index (κ1) is 8.27. The zero-order valence-corrected chi connectivity index (χ0v) is 6.45. The first-order valence-electron chi connectivity index (χ1n) is 3.72. The fourth-order valence-electron chi connectivity index (χ4n) is 1.39. The van der Waals surface area contributed by atoms with Crippen LogP contribution >= 0.6 is 0 Å². The van der Waals surface area contributed by atoms with Gasteiger partial charge in [-0.05, 0) is 18.8 Å². The van der Waals surface area contributed by atoms with Gasteiger partial charge in [0, 0.05) is 5.57 Å². The largest absolute Gasteiger partial charge is 0.478 e. The molecule has 0 fully saturated rings. The first-order valence-corrected chi connectivity index (χ1v) is 3.72. The van der Waals surface area contributed by atoms with Gasteiger partial charge in [-0.1, -0.05) is 13.0 Å². The number of hydrogen-bond acceptors (Lipinski definition) is 2. The van der Waals surface area contributed by atoms with Crippen LogP contribution in [0.2, 0.25) is 0 Å². The van der Waals surface area contributed by atoms with E-state index in [2.05, 4.69) is 0 Å². The predicted octanol–water partition coefficient (Wildman–Crippen LogP) is 0.788. The Bertz CT molecular complexity index is 196. The molecule has 0 aliphatic heterocycles. The van der Waals surface area contributed by atoms with Crippen LogP contribution in [0.15, 0.2) is 11.6 Å². The van der Waals surface area contributed by atoms with Gasteiger partial charge < -0.3 is 10.2 Å². The van der Waals surface area contributed by atoms with E-state index in [4.69, 9.17) is 10.2 Å². The molecule has 0 radical (unpaired) electrons. The molecule has 0 bridgehead atoms. The Labute approximate surface area is 65.3 Å². The second kappa shape index (κ2) is 3.05. The third-order valence-corrected chi connectivity index (χ3v) is 2.01. The molecule has 11 heavy (non-hydrogen) atoms. The first-order chi connectivity index (χ1) is 5.11. The van der Waals surface area contributed by atoms with Gasteiger partial charge in [0.2, 0.25) is 0 Å². The Morgan fingerprint density at radius 3 is 2.82 bits per heavy atom. The fourth-order valence-corrected chi connectivity index (χ4v) is 1.39. The van der Waals surface area contributed by atoms with E-state index in [0.29, 0.717) is 18.4 Å². The van der Waals surface area contributed by atoms with E-state index in [1.54, 1.807) is 6.08 Å². The molecule has 3 heteroatoms. The van der Waals surface area contributed by atoms with Crippen LogP contribution in [0, 0.1) is 5.92 Å². The average Bonchev–Trinajstić information content (AvgIpc) is 1.85. The molecule has 2 unspecified atom stereocenters. The number of carboxylic acid groups (broad SMARTS) is 1. The van der Waals surface area contributed by atoms with Gasteiger partial charge in [0.15, 0.2) is 0 Å². The van der Waals surface area contributed by atoms with Gasteiger partial charge in [-0.2, -0.15) is 0 Å². The highest BCUT2D eigenvalue weighted by atomic mass is 16.4. The van der Waals surface area contributed by atoms with Gasteiger partial charge in [0.1, 0.15) is 0 Å². The van der Waals surface area contributed by atoms with Gasteiger partial charge in [-0.3, -0.25) is 0 Å².